The molecule has 2 aliphatic rings. The van der Waals surface area contributed by atoms with E-state index in [9.17, 15) is 4.79 Å². The molecule has 1 saturated heterocycles. The van der Waals surface area contributed by atoms with Crippen LogP contribution in [-0.2, 0) is 21.3 Å². The van der Waals surface area contributed by atoms with E-state index in [0.29, 0.717) is 19.1 Å². The van der Waals surface area contributed by atoms with E-state index in [0.717, 1.165) is 12.2 Å². The molecule has 6 nitrogen and oxygen atoms in total. The maximum Gasteiger partial charge on any atom is 0.249 e. The summed E-state index contributed by atoms with van der Waals surface area (Å²) >= 11 is 0. The van der Waals surface area contributed by atoms with Gasteiger partial charge in [-0.25, -0.2) is 4.98 Å². The van der Waals surface area contributed by atoms with Crippen LogP contribution in [0.5, 0.6) is 0 Å². The zero-order valence-electron chi connectivity index (χ0n) is 12.6. The number of aromatic nitrogens is 2. The van der Waals surface area contributed by atoms with E-state index in [-0.39, 0.29) is 18.1 Å². The van der Waals surface area contributed by atoms with Crippen LogP contribution in [0.1, 0.15) is 38.1 Å². The van der Waals surface area contributed by atoms with Crippen LogP contribution >= 0.6 is 0 Å². The highest BCUT2D eigenvalue weighted by molar-refractivity contribution is 5.80. The van der Waals surface area contributed by atoms with Gasteiger partial charge in [0.1, 0.15) is 18.0 Å². The van der Waals surface area contributed by atoms with Gasteiger partial charge in [-0.3, -0.25) is 4.79 Å². The molecule has 1 saturated carbocycles. The number of hydrogen-bond donors (Lipinski definition) is 1. The number of nitrogens with one attached hydrogen (secondary N) is 1. The van der Waals surface area contributed by atoms with Gasteiger partial charge in [0.15, 0.2) is 0 Å². The van der Waals surface area contributed by atoms with Crippen molar-refractivity contribution in [3.05, 3.63) is 18.2 Å². The van der Waals surface area contributed by atoms with Crippen LogP contribution in [0.3, 0.4) is 0 Å². The van der Waals surface area contributed by atoms with Gasteiger partial charge >= 0.3 is 0 Å². The molecule has 2 fully saturated rings. The maximum absolute atomic E-state index is 12.2. The molecule has 3 rings (SSSR count). The Balaban J connectivity index is 1.55. The van der Waals surface area contributed by atoms with Crippen molar-refractivity contribution in [3.63, 3.8) is 0 Å². The van der Waals surface area contributed by atoms with Crippen molar-refractivity contribution >= 4 is 5.91 Å². The fourth-order valence-corrected chi connectivity index (χ4v) is 2.58. The number of rotatable bonds is 6. The van der Waals surface area contributed by atoms with E-state index in [1.165, 1.54) is 12.8 Å². The minimum Gasteiger partial charge on any atom is -0.368 e. The fraction of sp³-hybridized carbons (Fsp3) is 0.733. The number of hydrogen-bond acceptors (Lipinski definition) is 4. The van der Waals surface area contributed by atoms with Gasteiger partial charge in [0, 0.05) is 26.0 Å². The predicted octanol–water partition coefficient (Wildman–Crippen LogP) is 1.18. The molecule has 1 N–H and O–H groups in total. The van der Waals surface area contributed by atoms with Crippen LogP contribution in [0.2, 0.25) is 0 Å². The van der Waals surface area contributed by atoms with Crippen LogP contribution in [0.25, 0.3) is 0 Å². The number of aryl methyl sites for hydroxylation is 1. The fourth-order valence-electron chi connectivity index (χ4n) is 2.58. The van der Waals surface area contributed by atoms with Gasteiger partial charge in [-0.1, -0.05) is 0 Å². The van der Waals surface area contributed by atoms with Crippen molar-refractivity contribution in [1.29, 1.82) is 0 Å². The summed E-state index contributed by atoms with van der Waals surface area (Å²) < 4.78 is 13.3. The van der Waals surface area contributed by atoms with Gasteiger partial charge < -0.3 is 19.4 Å². The van der Waals surface area contributed by atoms with Crippen molar-refractivity contribution in [2.75, 3.05) is 13.2 Å². The van der Waals surface area contributed by atoms with Gasteiger partial charge in [-0.2, -0.15) is 0 Å². The van der Waals surface area contributed by atoms with E-state index < -0.39 is 6.10 Å². The first kappa shape index (κ1) is 14.5. The maximum atomic E-state index is 12.2. The van der Waals surface area contributed by atoms with Gasteiger partial charge in [0.05, 0.1) is 12.6 Å². The summed E-state index contributed by atoms with van der Waals surface area (Å²) in [4.78, 5) is 16.5. The Morgan fingerprint density at radius 2 is 2.38 bits per heavy atom. The predicted molar refractivity (Wildman–Crippen MR) is 76.6 cm³/mol. The third-order valence-corrected chi connectivity index (χ3v) is 4.18. The summed E-state index contributed by atoms with van der Waals surface area (Å²) in [6, 6.07) is -0.0365. The van der Waals surface area contributed by atoms with Crippen molar-refractivity contribution in [3.8, 4) is 0 Å². The average molecular weight is 293 g/mol. The second kappa shape index (κ2) is 6.15. The highest BCUT2D eigenvalue weighted by atomic mass is 16.5. The second-order valence-corrected chi connectivity index (χ2v) is 6.01. The molecule has 3 atom stereocenters. The monoisotopic (exact) mass is 293 g/mol. The lowest BCUT2D eigenvalue weighted by molar-refractivity contribution is -0.133. The van der Waals surface area contributed by atoms with Crippen molar-refractivity contribution in [2.45, 2.75) is 44.4 Å². The molecule has 1 amide bonds. The van der Waals surface area contributed by atoms with Gasteiger partial charge in [0.2, 0.25) is 5.91 Å². The van der Waals surface area contributed by atoms with E-state index >= 15 is 0 Å². The molecule has 0 unspecified atom stereocenters. The Bertz CT molecular complexity index is 498. The Hall–Kier alpha value is -1.40. The van der Waals surface area contributed by atoms with Crippen LogP contribution < -0.4 is 5.32 Å². The molecule has 116 valence electrons. The molecule has 0 spiro atoms. The third-order valence-electron chi connectivity index (χ3n) is 4.18. The highest BCUT2D eigenvalue weighted by Crippen LogP contribution is 2.30. The molecule has 0 bridgehead atoms. The lowest BCUT2D eigenvalue weighted by Crippen LogP contribution is -2.43. The van der Waals surface area contributed by atoms with Crippen molar-refractivity contribution in [2.24, 2.45) is 13.0 Å². The Morgan fingerprint density at radius 1 is 1.57 bits per heavy atom. The molecule has 1 aliphatic carbocycles. The largest absolute Gasteiger partial charge is 0.368 e. The van der Waals surface area contributed by atoms with E-state index in [1.54, 1.807) is 6.20 Å². The Labute approximate surface area is 124 Å². The zero-order valence-corrected chi connectivity index (χ0v) is 12.6. The summed E-state index contributed by atoms with van der Waals surface area (Å²) in [5.74, 6) is 1.45. The van der Waals surface area contributed by atoms with Gasteiger partial charge in [-0.15, -0.1) is 0 Å². The quantitative estimate of drug-likeness (QED) is 0.855. The molecular formula is C15H23N3O3. The molecule has 1 aromatic rings. The average Bonchev–Trinajstić information content (AvgIpc) is 3.04. The van der Waals surface area contributed by atoms with Crippen LogP contribution in [0.4, 0.5) is 0 Å². The highest BCUT2D eigenvalue weighted by Gasteiger charge is 2.34. The molecule has 0 radical (unpaired) electrons. The van der Waals surface area contributed by atoms with Crippen molar-refractivity contribution < 1.29 is 14.3 Å². The first-order valence-corrected chi connectivity index (χ1v) is 7.66. The van der Waals surface area contributed by atoms with E-state index in [1.807, 2.05) is 24.7 Å². The smallest absolute Gasteiger partial charge is 0.249 e. The Morgan fingerprint density at radius 3 is 3.05 bits per heavy atom. The molecule has 1 aliphatic heterocycles. The number of carbonyl (C=O) groups excluding carboxylic acids is 1. The topological polar surface area (TPSA) is 65.4 Å². The summed E-state index contributed by atoms with van der Waals surface area (Å²) in [7, 11) is 1.93. The minimum absolute atomic E-state index is 0.0365. The summed E-state index contributed by atoms with van der Waals surface area (Å²) in [5.41, 5.74) is 0. The SMILES string of the molecule is C[C@@H](OCC1CC1)C(=O)N[C@H]1CCO[C@@H]1c1nccn1C. The summed E-state index contributed by atoms with van der Waals surface area (Å²) in [5, 5.41) is 3.05. The normalized spacial score (nSPS) is 26.8. The summed E-state index contributed by atoms with van der Waals surface area (Å²) in [6.45, 7) is 3.14. The molecule has 6 heteroatoms. The summed E-state index contributed by atoms with van der Waals surface area (Å²) in [6.07, 6.45) is 6.31. The molecule has 2 heterocycles. The van der Waals surface area contributed by atoms with Gasteiger partial charge in [-0.05, 0) is 32.1 Å². The third kappa shape index (κ3) is 3.44. The van der Waals surface area contributed by atoms with Crippen molar-refractivity contribution in [1.82, 2.24) is 14.9 Å². The molecule has 1 aromatic heterocycles. The standard InChI is InChI=1S/C15H23N3O3/c1-10(21-9-11-3-4-11)15(19)17-12-5-8-20-13(12)14-16-6-7-18(14)2/h6-7,10-13H,3-5,8-9H2,1-2H3,(H,17,19)/t10-,12+,13+/m1/s1. The van der Waals surface area contributed by atoms with Crippen LogP contribution in [0, 0.1) is 5.92 Å². The Kier molecular flexibility index (Phi) is 4.26. The number of imidazole rings is 1. The number of carbonyl (C=O) groups is 1. The minimum atomic E-state index is -0.409. The van der Waals surface area contributed by atoms with E-state index in [4.69, 9.17) is 9.47 Å². The van der Waals surface area contributed by atoms with Gasteiger partial charge in [0.25, 0.3) is 0 Å². The zero-order chi connectivity index (χ0) is 14.8. The molecule has 21 heavy (non-hydrogen) atoms. The number of nitrogens with zero attached hydrogens (tertiary/aromatic N) is 2. The second-order valence-electron chi connectivity index (χ2n) is 6.01. The van der Waals surface area contributed by atoms with Crippen LogP contribution in [0.15, 0.2) is 12.4 Å². The van der Waals surface area contributed by atoms with Crippen LogP contribution in [-0.4, -0.2) is 40.8 Å². The lowest BCUT2D eigenvalue weighted by Gasteiger charge is -2.21. The number of amides is 1. The lowest BCUT2D eigenvalue weighted by atomic mass is 10.1. The molecular weight excluding hydrogens is 270 g/mol. The van der Waals surface area contributed by atoms with E-state index in [2.05, 4.69) is 10.3 Å². The number of ether oxygens (including phenoxy) is 2. The first-order valence-electron chi connectivity index (χ1n) is 7.66. The molecule has 0 aromatic carbocycles. The first-order chi connectivity index (χ1) is 10.1.